The molecule has 28 heavy (non-hydrogen) atoms. The molecule has 5 aromatic rings. The third-order valence-corrected chi connectivity index (χ3v) is 6.79. The summed E-state index contributed by atoms with van der Waals surface area (Å²) in [6.07, 6.45) is 0. The zero-order valence-electron chi connectivity index (χ0n) is 14.7. The molecule has 4 aromatic carbocycles. The lowest BCUT2D eigenvalue weighted by atomic mass is 9.96. The van der Waals surface area contributed by atoms with Crippen molar-refractivity contribution in [3.63, 3.8) is 0 Å². The normalized spacial score (nSPS) is 12.6. The molecule has 0 saturated carbocycles. The molecular weight excluding hydrogens is 430 g/mol. The molecule has 0 atom stereocenters. The molecule has 2 heterocycles. The molecule has 0 aliphatic carbocycles. The van der Waals surface area contributed by atoms with Crippen LogP contribution in [0.1, 0.15) is 0 Å². The van der Waals surface area contributed by atoms with E-state index in [0.717, 1.165) is 32.1 Å². The molecule has 0 unspecified atom stereocenters. The third kappa shape index (κ3) is 2.42. The average Bonchev–Trinajstić information content (AvgIpc) is 3.11. The first-order valence-corrected chi connectivity index (χ1v) is 10.7. The summed E-state index contributed by atoms with van der Waals surface area (Å²) in [6.45, 7) is 0. The number of hydrogen-bond donors (Lipinski definition) is 1. The number of hydrogen-bond acceptors (Lipinski definition) is 3. The lowest BCUT2D eigenvalue weighted by molar-refractivity contribution is 0.669. The van der Waals surface area contributed by atoms with Gasteiger partial charge in [-0.2, -0.15) is 0 Å². The van der Waals surface area contributed by atoms with E-state index in [1.807, 2.05) is 12.1 Å². The standard InChI is InChI=1S/C24H14BrNOS/c25-19-5-3-7-23-24(19)18-13-14(8-10-20(18)26-28-23)15-9-11-22-17(12-15)16-4-1-2-6-21(16)27-22/h1-13,26H. The van der Waals surface area contributed by atoms with Crippen molar-refractivity contribution in [2.24, 2.45) is 0 Å². The Hall–Kier alpha value is -2.69. The molecule has 0 bridgehead atoms. The first-order valence-electron chi connectivity index (χ1n) is 9.05. The number of halogens is 1. The SMILES string of the molecule is Brc1cccc2c1-c1cc(-c3ccc4oc5ccccc5c4c3)ccc1NS2. The number of anilines is 1. The fourth-order valence-corrected chi connectivity index (χ4v) is 5.46. The van der Waals surface area contributed by atoms with E-state index in [4.69, 9.17) is 4.42 Å². The summed E-state index contributed by atoms with van der Waals surface area (Å²) in [5.41, 5.74) is 7.85. The number of benzene rings is 4. The van der Waals surface area contributed by atoms with Crippen LogP contribution in [0.25, 0.3) is 44.2 Å². The topological polar surface area (TPSA) is 25.2 Å². The summed E-state index contributed by atoms with van der Waals surface area (Å²) < 4.78 is 10.6. The Labute approximate surface area is 174 Å². The minimum atomic E-state index is 0.925. The van der Waals surface area contributed by atoms with E-state index in [9.17, 15) is 0 Å². The summed E-state index contributed by atoms with van der Waals surface area (Å²) in [5, 5.41) is 2.31. The molecular formula is C24H14BrNOS. The van der Waals surface area contributed by atoms with Gasteiger partial charge in [0, 0.05) is 31.3 Å². The highest BCUT2D eigenvalue weighted by atomic mass is 79.9. The van der Waals surface area contributed by atoms with Gasteiger partial charge in [-0.15, -0.1) is 0 Å². The lowest BCUT2D eigenvalue weighted by Crippen LogP contribution is -1.99. The number of furan rings is 1. The van der Waals surface area contributed by atoms with Gasteiger partial charge in [-0.25, -0.2) is 0 Å². The van der Waals surface area contributed by atoms with E-state index < -0.39 is 0 Å². The van der Waals surface area contributed by atoms with Crippen LogP contribution in [0, 0.1) is 0 Å². The smallest absolute Gasteiger partial charge is 0.135 e. The van der Waals surface area contributed by atoms with Crippen molar-refractivity contribution in [1.82, 2.24) is 0 Å². The number of fused-ring (bicyclic) bond motifs is 6. The molecule has 1 aliphatic heterocycles. The van der Waals surface area contributed by atoms with E-state index in [1.165, 1.54) is 27.1 Å². The highest BCUT2D eigenvalue weighted by Crippen LogP contribution is 2.47. The van der Waals surface area contributed by atoms with Gasteiger partial charge in [-0.1, -0.05) is 52.3 Å². The maximum atomic E-state index is 5.98. The van der Waals surface area contributed by atoms with Crippen molar-refractivity contribution in [1.29, 1.82) is 0 Å². The van der Waals surface area contributed by atoms with Crippen molar-refractivity contribution >= 4 is 55.5 Å². The van der Waals surface area contributed by atoms with Crippen LogP contribution in [-0.2, 0) is 0 Å². The van der Waals surface area contributed by atoms with E-state index in [-0.39, 0.29) is 0 Å². The van der Waals surface area contributed by atoms with Gasteiger partial charge in [0.25, 0.3) is 0 Å². The molecule has 0 radical (unpaired) electrons. The van der Waals surface area contributed by atoms with Crippen LogP contribution in [-0.4, -0.2) is 0 Å². The van der Waals surface area contributed by atoms with Crippen molar-refractivity contribution in [2.45, 2.75) is 4.90 Å². The van der Waals surface area contributed by atoms with Crippen molar-refractivity contribution in [2.75, 3.05) is 4.72 Å². The van der Waals surface area contributed by atoms with Crippen LogP contribution in [0.2, 0.25) is 0 Å². The van der Waals surface area contributed by atoms with Crippen molar-refractivity contribution in [3.05, 3.63) is 83.3 Å². The monoisotopic (exact) mass is 443 g/mol. The highest BCUT2D eigenvalue weighted by molar-refractivity contribution is 9.10. The maximum Gasteiger partial charge on any atom is 0.135 e. The van der Waals surface area contributed by atoms with Crippen LogP contribution in [0.15, 0.2) is 92.6 Å². The Morgan fingerprint density at radius 3 is 2.54 bits per heavy atom. The van der Waals surface area contributed by atoms with Gasteiger partial charge in [0.2, 0.25) is 0 Å². The Balaban J connectivity index is 1.56. The fraction of sp³-hybridized carbons (Fsp3) is 0. The minimum Gasteiger partial charge on any atom is -0.456 e. The van der Waals surface area contributed by atoms with Gasteiger partial charge in [0.15, 0.2) is 0 Å². The molecule has 4 heteroatoms. The van der Waals surface area contributed by atoms with Crippen LogP contribution in [0.5, 0.6) is 0 Å². The summed E-state index contributed by atoms with van der Waals surface area (Å²) in [5.74, 6) is 0. The van der Waals surface area contributed by atoms with Gasteiger partial charge in [0.05, 0.1) is 5.69 Å². The second kappa shape index (κ2) is 6.16. The Morgan fingerprint density at radius 2 is 1.57 bits per heavy atom. The van der Waals surface area contributed by atoms with E-state index in [2.05, 4.69) is 87.4 Å². The Bertz CT molecular complexity index is 1390. The summed E-state index contributed by atoms with van der Waals surface area (Å²) in [7, 11) is 0. The van der Waals surface area contributed by atoms with Gasteiger partial charge < -0.3 is 9.14 Å². The number of nitrogens with one attached hydrogen (secondary N) is 1. The molecule has 1 aliphatic rings. The zero-order chi connectivity index (χ0) is 18.7. The number of rotatable bonds is 1. The van der Waals surface area contributed by atoms with E-state index >= 15 is 0 Å². The molecule has 134 valence electrons. The second-order valence-corrected chi connectivity index (χ2v) is 8.59. The second-order valence-electron chi connectivity index (χ2n) is 6.89. The van der Waals surface area contributed by atoms with Crippen LogP contribution < -0.4 is 4.72 Å². The Morgan fingerprint density at radius 1 is 0.750 bits per heavy atom. The largest absolute Gasteiger partial charge is 0.456 e. The molecule has 1 N–H and O–H groups in total. The van der Waals surface area contributed by atoms with E-state index in [1.54, 1.807) is 11.9 Å². The third-order valence-electron chi connectivity index (χ3n) is 5.25. The molecule has 0 spiro atoms. The predicted molar refractivity (Wildman–Crippen MR) is 122 cm³/mol. The molecule has 0 fully saturated rings. The molecule has 0 saturated heterocycles. The summed E-state index contributed by atoms with van der Waals surface area (Å²) in [6, 6.07) is 27.6. The van der Waals surface area contributed by atoms with E-state index in [0.29, 0.717) is 0 Å². The van der Waals surface area contributed by atoms with Crippen LogP contribution >= 0.6 is 27.9 Å². The highest BCUT2D eigenvalue weighted by Gasteiger charge is 2.19. The van der Waals surface area contributed by atoms with Crippen LogP contribution in [0.4, 0.5) is 5.69 Å². The number of para-hydroxylation sites is 1. The quantitative estimate of drug-likeness (QED) is 0.264. The lowest BCUT2D eigenvalue weighted by Gasteiger charge is -2.22. The minimum absolute atomic E-state index is 0.925. The zero-order valence-corrected chi connectivity index (χ0v) is 17.1. The summed E-state index contributed by atoms with van der Waals surface area (Å²) >= 11 is 5.39. The first-order chi connectivity index (χ1) is 13.8. The van der Waals surface area contributed by atoms with Gasteiger partial charge in [-0.3, -0.25) is 0 Å². The molecule has 6 rings (SSSR count). The molecule has 0 amide bonds. The maximum absolute atomic E-state index is 5.98. The summed E-state index contributed by atoms with van der Waals surface area (Å²) in [4.78, 5) is 1.23. The van der Waals surface area contributed by atoms with Gasteiger partial charge in [-0.05, 0) is 65.5 Å². The first kappa shape index (κ1) is 16.3. The Kier molecular flexibility index (Phi) is 3.58. The fourth-order valence-electron chi connectivity index (χ4n) is 3.89. The predicted octanol–water partition coefficient (Wildman–Crippen LogP) is 8.12. The molecule has 1 aromatic heterocycles. The average molecular weight is 444 g/mol. The van der Waals surface area contributed by atoms with Gasteiger partial charge in [0.1, 0.15) is 11.2 Å². The van der Waals surface area contributed by atoms with Crippen LogP contribution in [0.3, 0.4) is 0 Å². The molecule has 2 nitrogen and oxygen atoms in total. The van der Waals surface area contributed by atoms with Gasteiger partial charge >= 0.3 is 0 Å². The van der Waals surface area contributed by atoms with Crippen molar-refractivity contribution in [3.8, 4) is 22.3 Å². The van der Waals surface area contributed by atoms with Crippen molar-refractivity contribution < 1.29 is 4.42 Å².